The lowest BCUT2D eigenvalue weighted by atomic mass is 9.85. The molecule has 0 amide bonds. The quantitative estimate of drug-likeness (QED) is 0.836. The van der Waals surface area contributed by atoms with Crippen LogP contribution in [0.5, 0.6) is 5.75 Å². The molecule has 0 unspecified atom stereocenters. The Hall–Kier alpha value is -0.870. The molecule has 0 radical (unpaired) electrons. The molecule has 1 aromatic rings. The molecule has 1 N–H and O–H groups in total. The highest BCUT2D eigenvalue weighted by Gasteiger charge is 2.28. The first kappa shape index (κ1) is 13.2. The monoisotopic (exact) mass is 250 g/mol. The van der Waals surface area contributed by atoms with Gasteiger partial charge >= 0.3 is 0 Å². The molecule has 0 saturated carbocycles. The number of ether oxygens (including phenoxy) is 1. The van der Waals surface area contributed by atoms with Crippen molar-refractivity contribution >= 4 is 11.6 Å². The van der Waals surface area contributed by atoms with E-state index < -0.39 is 17.0 Å². The zero-order valence-electron chi connectivity index (χ0n) is 9.27. The molecule has 0 atom stereocenters. The summed E-state index contributed by atoms with van der Waals surface area (Å²) < 4.78 is 31.9. The Bertz CT molecular complexity index is 405. The van der Waals surface area contributed by atoms with Crippen LogP contribution in [-0.2, 0) is 5.41 Å². The van der Waals surface area contributed by atoms with Crippen molar-refractivity contribution in [2.45, 2.75) is 19.3 Å². The molecule has 0 heterocycles. The van der Waals surface area contributed by atoms with Crippen molar-refractivity contribution in [3.8, 4) is 5.75 Å². The van der Waals surface area contributed by atoms with Crippen molar-refractivity contribution < 1.29 is 18.6 Å². The molecule has 0 bridgehead atoms. The van der Waals surface area contributed by atoms with Crippen LogP contribution < -0.4 is 4.74 Å². The molecule has 0 fully saturated rings. The van der Waals surface area contributed by atoms with Gasteiger partial charge in [-0.15, -0.1) is 0 Å². The van der Waals surface area contributed by atoms with Crippen LogP contribution in [0.4, 0.5) is 8.78 Å². The zero-order chi connectivity index (χ0) is 12.5. The maximum Gasteiger partial charge on any atom is 0.202 e. The van der Waals surface area contributed by atoms with Gasteiger partial charge in [-0.1, -0.05) is 25.4 Å². The number of hydrogen-bond acceptors (Lipinski definition) is 2. The fraction of sp³-hybridized carbons (Fsp3) is 0.455. The molecule has 0 aliphatic rings. The second-order valence-corrected chi connectivity index (χ2v) is 4.52. The van der Waals surface area contributed by atoms with Crippen molar-refractivity contribution in [3.05, 3.63) is 28.3 Å². The number of halogens is 3. The molecule has 16 heavy (non-hydrogen) atoms. The van der Waals surface area contributed by atoms with Crippen molar-refractivity contribution in [2.24, 2.45) is 0 Å². The van der Waals surface area contributed by atoms with Crippen LogP contribution in [0.15, 0.2) is 6.07 Å². The molecule has 0 aliphatic carbocycles. The number of methoxy groups -OCH3 is 1. The first-order valence-electron chi connectivity index (χ1n) is 4.68. The van der Waals surface area contributed by atoms with Crippen molar-refractivity contribution in [1.82, 2.24) is 0 Å². The molecule has 5 heteroatoms. The smallest absolute Gasteiger partial charge is 0.202 e. The first-order valence-corrected chi connectivity index (χ1v) is 5.05. The summed E-state index contributed by atoms with van der Waals surface area (Å²) >= 11 is 5.76. The summed E-state index contributed by atoms with van der Waals surface area (Å²) in [4.78, 5) is 0. The minimum Gasteiger partial charge on any atom is -0.492 e. The molecular weight excluding hydrogens is 238 g/mol. The van der Waals surface area contributed by atoms with Crippen LogP contribution in [0, 0.1) is 11.6 Å². The van der Waals surface area contributed by atoms with Gasteiger partial charge in [0, 0.05) is 11.0 Å². The third kappa shape index (κ3) is 2.13. The topological polar surface area (TPSA) is 29.5 Å². The Morgan fingerprint density at radius 1 is 1.38 bits per heavy atom. The Morgan fingerprint density at radius 3 is 2.38 bits per heavy atom. The summed E-state index contributed by atoms with van der Waals surface area (Å²) in [6, 6.07) is 1.27. The van der Waals surface area contributed by atoms with Crippen LogP contribution in [-0.4, -0.2) is 18.8 Å². The number of aliphatic hydroxyl groups excluding tert-OH is 1. The van der Waals surface area contributed by atoms with Gasteiger partial charge in [0.2, 0.25) is 5.82 Å². The van der Waals surface area contributed by atoms with Crippen molar-refractivity contribution in [3.63, 3.8) is 0 Å². The van der Waals surface area contributed by atoms with Gasteiger partial charge in [0.05, 0.1) is 18.7 Å². The average Bonchev–Trinajstić information content (AvgIpc) is 2.24. The lowest BCUT2D eigenvalue weighted by Gasteiger charge is -2.24. The second kappa shape index (κ2) is 4.55. The van der Waals surface area contributed by atoms with Gasteiger partial charge in [-0.05, 0) is 6.07 Å². The van der Waals surface area contributed by atoms with Gasteiger partial charge in [-0.3, -0.25) is 0 Å². The molecule has 0 aromatic heterocycles. The van der Waals surface area contributed by atoms with E-state index in [1.165, 1.54) is 13.2 Å². The maximum atomic E-state index is 13.7. The minimum atomic E-state index is -1.13. The summed E-state index contributed by atoms with van der Waals surface area (Å²) in [7, 11) is 1.21. The van der Waals surface area contributed by atoms with E-state index in [1.807, 2.05) is 0 Å². The van der Waals surface area contributed by atoms with Gasteiger partial charge in [-0.2, -0.15) is 4.39 Å². The summed E-state index contributed by atoms with van der Waals surface area (Å²) in [5.41, 5.74) is -0.876. The predicted molar refractivity (Wildman–Crippen MR) is 58.0 cm³/mol. The summed E-state index contributed by atoms with van der Waals surface area (Å²) in [6.45, 7) is 2.87. The second-order valence-electron chi connectivity index (χ2n) is 4.11. The summed E-state index contributed by atoms with van der Waals surface area (Å²) in [5, 5.41) is 9.10. The van der Waals surface area contributed by atoms with Gasteiger partial charge in [0.1, 0.15) is 0 Å². The molecule has 0 spiro atoms. The zero-order valence-corrected chi connectivity index (χ0v) is 10.0. The van der Waals surface area contributed by atoms with E-state index in [4.69, 9.17) is 16.7 Å². The summed E-state index contributed by atoms with van der Waals surface area (Å²) in [5.74, 6) is -2.50. The van der Waals surface area contributed by atoms with Crippen LogP contribution in [0.2, 0.25) is 5.02 Å². The van der Waals surface area contributed by atoms with Gasteiger partial charge in [0.15, 0.2) is 11.6 Å². The van der Waals surface area contributed by atoms with E-state index in [2.05, 4.69) is 4.74 Å². The van der Waals surface area contributed by atoms with Crippen molar-refractivity contribution in [1.29, 1.82) is 0 Å². The SMILES string of the molecule is COc1c(Cl)cc(C(C)(C)CO)c(F)c1F. The highest BCUT2D eigenvalue weighted by Crippen LogP contribution is 2.36. The lowest BCUT2D eigenvalue weighted by molar-refractivity contribution is 0.213. The minimum absolute atomic E-state index is 0.0158. The lowest BCUT2D eigenvalue weighted by Crippen LogP contribution is -2.24. The van der Waals surface area contributed by atoms with E-state index in [9.17, 15) is 8.78 Å². The fourth-order valence-corrected chi connectivity index (χ4v) is 1.61. The highest BCUT2D eigenvalue weighted by molar-refractivity contribution is 6.32. The third-order valence-corrected chi connectivity index (χ3v) is 2.73. The highest BCUT2D eigenvalue weighted by atomic mass is 35.5. The fourth-order valence-electron chi connectivity index (χ4n) is 1.34. The average molecular weight is 251 g/mol. The van der Waals surface area contributed by atoms with E-state index in [0.717, 1.165) is 0 Å². The molecule has 0 saturated heterocycles. The molecule has 0 aliphatic heterocycles. The first-order chi connectivity index (χ1) is 7.35. The van der Waals surface area contributed by atoms with E-state index >= 15 is 0 Å². The van der Waals surface area contributed by atoms with Gasteiger partial charge in [-0.25, -0.2) is 4.39 Å². The number of benzene rings is 1. The van der Waals surface area contributed by atoms with Crippen molar-refractivity contribution in [2.75, 3.05) is 13.7 Å². The number of aliphatic hydroxyl groups is 1. The van der Waals surface area contributed by atoms with Crippen LogP contribution in [0.3, 0.4) is 0 Å². The van der Waals surface area contributed by atoms with E-state index in [-0.39, 0.29) is 22.9 Å². The molecular formula is C11H13ClF2O2. The number of hydrogen-bond donors (Lipinski definition) is 1. The molecule has 1 rings (SSSR count). The Balaban J connectivity index is 3.45. The molecule has 1 aromatic carbocycles. The summed E-state index contributed by atoms with van der Waals surface area (Å²) in [6.07, 6.45) is 0. The molecule has 2 nitrogen and oxygen atoms in total. The third-order valence-electron chi connectivity index (χ3n) is 2.45. The van der Waals surface area contributed by atoms with Crippen LogP contribution in [0.1, 0.15) is 19.4 Å². The van der Waals surface area contributed by atoms with E-state index in [0.29, 0.717) is 0 Å². The van der Waals surface area contributed by atoms with Gasteiger partial charge in [0.25, 0.3) is 0 Å². The molecule has 90 valence electrons. The number of rotatable bonds is 3. The Morgan fingerprint density at radius 2 is 1.94 bits per heavy atom. The Kier molecular flexibility index (Phi) is 3.76. The normalized spacial score (nSPS) is 11.7. The van der Waals surface area contributed by atoms with E-state index in [1.54, 1.807) is 13.8 Å². The van der Waals surface area contributed by atoms with Crippen LogP contribution >= 0.6 is 11.6 Å². The standard InChI is InChI=1S/C11H13ClF2O2/c1-11(2,5-15)6-4-7(12)10(16-3)9(14)8(6)13/h4,15H,5H2,1-3H3. The predicted octanol–water partition coefficient (Wildman–Crippen LogP) is 2.90. The largest absolute Gasteiger partial charge is 0.492 e. The Labute approximate surface area is 97.8 Å². The van der Waals surface area contributed by atoms with Crippen LogP contribution in [0.25, 0.3) is 0 Å². The maximum absolute atomic E-state index is 13.7. The van der Waals surface area contributed by atoms with Gasteiger partial charge < -0.3 is 9.84 Å².